The number of benzene rings is 1. The Balaban J connectivity index is 1.45. The van der Waals surface area contributed by atoms with Crippen LogP contribution in [0.3, 0.4) is 0 Å². The first-order chi connectivity index (χ1) is 15.8. The molecule has 5 rings (SSSR count). The molecule has 0 spiro atoms. The van der Waals surface area contributed by atoms with Crippen LogP contribution in [-0.2, 0) is 16.6 Å². The summed E-state index contributed by atoms with van der Waals surface area (Å²) in [5.41, 5.74) is 2.72. The second kappa shape index (κ2) is 8.55. The van der Waals surface area contributed by atoms with Gasteiger partial charge in [-0.3, -0.25) is 4.79 Å². The third-order valence-electron chi connectivity index (χ3n) is 8.24. The Labute approximate surface area is 196 Å². The van der Waals surface area contributed by atoms with Crippen molar-refractivity contribution < 1.29 is 14.6 Å². The van der Waals surface area contributed by atoms with Crippen molar-refractivity contribution in [2.24, 2.45) is 30.2 Å². The van der Waals surface area contributed by atoms with E-state index in [4.69, 9.17) is 9.72 Å². The van der Waals surface area contributed by atoms with Crippen LogP contribution in [-0.4, -0.2) is 57.2 Å². The molecule has 1 aliphatic carbocycles. The van der Waals surface area contributed by atoms with Crippen molar-refractivity contribution in [2.45, 2.75) is 58.7 Å². The monoisotopic (exact) mass is 451 g/mol. The number of hydrogen-bond donors (Lipinski definition) is 1. The largest absolute Gasteiger partial charge is 0.496 e. The lowest BCUT2D eigenvalue weighted by molar-refractivity contribution is -0.141. The van der Waals surface area contributed by atoms with Crippen LogP contribution in [0.4, 0.5) is 0 Å². The van der Waals surface area contributed by atoms with Crippen molar-refractivity contribution in [3.05, 3.63) is 36.4 Å². The van der Waals surface area contributed by atoms with Crippen molar-refractivity contribution in [1.29, 1.82) is 0 Å². The van der Waals surface area contributed by atoms with Gasteiger partial charge in [-0.05, 0) is 49.3 Å². The van der Waals surface area contributed by atoms with Gasteiger partial charge in [0.2, 0.25) is 0 Å². The van der Waals surface area contributed by atoms with Gasteiger partial charge in [-0.2, -0.15) is 0 Å². The lowest BCUT2D eigenvalue weighted by atomic mass is 9.67. The summed E-state index contributed by atoms with van der Waals surface area (Å²) < 4.78 is 8.29. The van der Waals surface area contributed by atoms with E-state index in [1.807, 2.05) is 35.9 Å². The number of ether oxygens (including phenoxy) is 1. The summed E-state index contributed by atoms with van der Waals surface area (Å²) in [7, 11) is 1.95. The van der Waals surface area contributed by atoms with Gasteiger partial charge in [-0.1, -0.05) is 39.3 Å². The van der Waals surface area contributed by atoms with Crippen molar-refractivity contribution in [3.8, 4) is 0 Å². The zero-order valence-corrected chi connectivity index (χ0v) is 20.3. The molecule has 0 amide bonds. The third kappa shape index (κ3) is 4.01. The molecule has 33 heavy (non-hydrogen) atoms. The topological polar surface area (TPSA) is 67.6 Å². The Morgan fingerprint density at radius 1 is 1.27 bits per heavy atom. The van der Waals surface area contributed by atoms with Crippen LogP contribution in [0.25, 0.3) is 16.6 Å². The van der Waals surface area contributed by atoms with Gasteiger partial charge in [0, 0.05) is 26.1 Å². The number of ketones is 1. The van der Waals surface area contributed by atoms with E-state index in [1.54, 1.807) is 6.26 Å². The highest BCUT2D eigenvalue weighted by Gasteiger charge is 2.50. The number of rotatable bonds is 4. The fraction of sp³-hybridized carbons (Fsp3) is 0.630. The molecule has 2 fully saturated rings. The highest BCUT2D eigenvalue weighted by molar-refractivity contribution is 6.21. The van der Waals surface area contributed by atoms with Crippen LogP contribution in [0.5, 0.6) is 0 Å². The lowest BCUT2D eigenvalue weighted by Crippen LogP contribution is -2.56. The molecule has 1 aromatic carbocycles. The number of aryl methyl sites for hydroxylation is 1. The maximum Gasteiger partial charge on any atom is 0.176 e. The number of Topliss-reactive ketones (excluding diaryl/α,β-unsaturated/α-hetero) is 1. The number of carbonyl (C=O) groups excluding carboxylic acids is 1. The summed E-state index contributed by atoms with van der Waals surface area (Å²) in [5.74, 6) is 0.583. The van der Waals surface area contributed by atoms with E-state index in [-0.39, 0.29) is 35.1 Å². The Morgan fingerprint density at radius 3 is 2.79 bits per heavy atom. The molecule has 2 aromatic rings. The molecule has 0 radical (unpaired) electrons. The molecule has 1 N–H and O–H groups in total. The van der Waals surface area contributed by atoms with Gasteiger partial charge in [-0.15, -0.1) is 0 Å². The van der Waals surface area contributed by atoms with Crippen LogP contribution in [0.1, 0.15) is 52.3 Å². The average Bonchev–Trinajstić information content (AvgIpc) is 3.12. The fourth-order valence-electron chi connectivity index (χ4n) is 6.47. The van der Waals surface area contributed by atoms with Crippen LogP contribution < -0.4 is 0 Å². The Bertz CT molecular complexity index is 1070. The molecule has 1 saturated heterocycles. The summed E-state index contributed by atoms with van der Waals surface area (Å²) >= 11 is 0. The van der Waals surface area contributed by atoms with E-state index in [0.717, 1.165) is 37.1 Å². The molecule has 3 heterocycles. The molecule has 5 atom stereocenters. The number of piperidine rings is 1. The average molecular weight is 452 g/mol. The molecular formula is C27H37N3O3. The molecule has 1 aromatic heterocycles. The minimum atomic E-state index is -0.445. The minimum Gasteiger partial charge on any atom is -0.496 e. The van der Waals surface area contributed by atoms with E-state index in [9.17, 15) is 9.90 Å². The summed E-state index contributed by atoms with van der Waals surface area (Å²) in [6.45, 7) is 9.62. The number of likely N-dealkylation sites (tertiary alicyclic amines) is 1. The predicted molar refractivity (Wildman–Crippen MR) is 129 cm³/mol. The number of carbonyl (C=O) groups is 1. The quantitative estimate of drug-likeness (QED) is 0.760. The molecule has 1 saturated carbocycles. The predicted octanol–water partition coefficient (Wildman–Crippen LogP) is 4.03. The van der Waals surface area contributed by atoms with Crippen molar-refractivity contribution >= 4 is 22.4 Å². The van der Waals surface area contributed by atoms with Crippen LogP contribution in [0, 0.1) is 23.2 Å². The van der Waals surface area contributed by atoms with Gasteiger partial charge in [0.15, 0.2) is 5.78 Å². The van der Waals surface area contributed by atoms with Gasteiger partial charge in [-0.25, -0.2) is 4.98 Å². The van der Waals surface area contributed by atoms with Crippen LogP contribution in [0.15, 0.2) is 30.5 Å². The summed E-state index contributed by atoms with van der Waals surface area (Å²) in [6, 6.07) is 7.93. The molecule has 6 nitrogen and oxygen atoms in total. The van der Waals surface area contributed by atoms with Gasteiger partial charge in [0.1, 0.15) is 11.9 Å². The first-order valence-corrected chi connectivity index (χ1v) is 12.5. The number of para-hydroxylation sites is 2. The third-order valence-corrected chi connectivity index (χ3v) is 8.24. The maximum absolute atomic E-state index is 13.8. The number of imidazole rings is 1. The number of nitrogens with zero attached hydrogens (tertiary/aromatic N) is 3. The van der Waals surface area contributed by atoms with E-state index in [0.29, 0.717) is 17.8 Å². The normalized spacial score (nSPS) is 32.3. The number of aliphatic hydroxyl groups excluding tert-OH is 1. The van der Waals surface area contributed by atoms with E-state index >= 15 is 0 Å². The molecule has 0 bridgehead atoms. The summed E-state index contributed by atoms with van der Waals surface area (Å²) in [5, 5.41) is 11.3. The zero-order valence-electron chi connectivity index (χ0n) is 20.3. The van der Waals surface area contributed by atoms with Crippen molar-refractivity contribution in [3.63, 3.8) is 0 Å². The molecule has 178 valence electrons. The first-order valence-electron chi connectivity index (χ1n) is 12.5. The standard InChI is InChI=1S/C27H37N3O3/c1-5-17-13-18-24(32)20(26-28-21-9-6-7-10-22(21)29(26)4)15-33-25(18)19(23(17)31)14-30-12-8-11-27(2,3)16-30/h6-7,9-10,15,17-19,23,25,31H,5,8,11-14,16H2,1-4H3. The Hall–Kier alpha value is -2.18. The minimum absolute atomic E-state index is 0.0650. The SMILES string of the molecule is CCC1CC2C(=O)C(c3nc4ccccc4n3C)=COC2C(CN2CCCC(C)(C)C2)C1O. The van der Waals surface area contributed by atoms with E-state index < -0.39 is 6.10 Å². The number of allylic oxidation sites excluding steroid dienone is 1. The Morgan fingerprint density at radius 2 is 2.06 bits per heavy atom. The Kier molecular flexibility index (Phi) is 5.86. The smallest absolute Gasteiger partial charge is 0.176 e. The lowest BCUT2D eigenvalue weighted by Gasteiger charge is -2.48. The maximum atomic E-state index is 13.8. The second-order valence-corrected chi connectivity index (χ2v) is 11.1. The van der Waals surface area contributed by atoms with E-state index in [2.05, 4.69) is 25.7 Å². The first kappa shape index (κ1) is 22.6. The van der Waals surface area contributed by atoms with Gasteiger partial charge < -0.3 is 19.3 Å². The molecule has 5 unspecified atom stereocenters. The van der Waals surface area contributed by atoms with E-state index in [1.165, 1.54) is 12.8 Å². The summed E-state index contributed by atoms with van der Waals surface area (Å²) in [4.78, 5) is 21.0. The van der Waals surface area contributed by atoms with Gasteiger partial charge in [0.05, 0.1) is 34.9 Å². The highest BCUT2D eigenvalue weighted by Crippen LogP contribution is 2.43. The number of fused-ring (bicyclic) bond motifs is 2. The molecule has 3 aliphatic rings. The number of aromatic nitrogens is 2. The van der Waals surface area contributed by atoms with Crippen LogP contribution >= 0.6 is 0 Å². The number of aliphatic hydroxyl groups is 1. The van der Waals surface area contributed by atoms with Crippen molar-refractivity contribution in [2.75, 3.05) is 19.6 Å². The van der Waals surface area contributed by atoms with Gasteiger partial charge in [0.25, 0.3) is 0 Å². The van der Waals surface area contributed by atoms with Crippen molar-refractivity contribution in [1.82, 2.24) is 14.5 Å². The second-order valence-electron chi connectivity index (χ2n) is 11.1. The van der Waals surface area contributed by atoms with Crippen LogP contribution in [0.2, 0.25) is 0 Å². The zero-order chi connectivity index (χ0) is 23.3. The molecule has 2 aliphatic heterocycles. The van der Waals surface area contributed by atoms with Gasteiger partial charge >= 0.3 is 0 Å². The number of hydrogen-bond acceptors (Lipinski definition) is 5. The highest BCUT2D eigenvalue weighted by atomic mass is 16.5. The molecular weight excluding hydrogens is 414 g/mol. The summed E-state index contributed by atoms with van der Waals surface area (Å²) in [6.07, 6.45) is 4.85. The fourth-order valence-corrected chi connectivity index (χ4v) is 6.47. The molecule has 6 heteroatoms.